The molecular weight excluding hydrogens is 359 g/mol. The second-order valence-corrected chi connectivity index (χ2v) is 6.21. The first kappa shape index (κ1) is 21.2. The summed E-state index contributed by atoms with van der Waals surface area (Å²) in [5.74, 6) is 0.818. The van der Waals surface area contributed by atoms with Gasteiger partial charge in [-0.1, -0.05) is 24.3 Å². The van der Waals surface area contributed by atoms with Crippen molar-refractivity contribution < 1.29 is 13.9 Å². The molecule has 0 aliphatic heterocycles. The van der Waals surface area contributed by atoms with Crippen molar-refractivity contribution in [1.29, 1.82) is 0 Å². The van der Waals surface area contributed by atoms with Gasteiger partial charge in [-0.25, -0.2) is 4.39 Å². The van der Waals surface area contributed by atoms with Crippen LogP contribution in [0.15, 0.2) is 47.5 Å². The van der Waals surface area contributed by atoms with E-state index in [2.05, 4.69) is 20.9 Å². The van der Waals surface area contributed by atoms with Crippen molar-refractivity contribution >= 4 is 11.9 Å². The molecule has 2 aromatic carbocycles. The number of ether oxygens (including phenoxy) is 1. The lowest BCUT2D eigenvalue weighted by atomic mass is 10.1. The second-order valence-electron chi connectivity index (χ2n) is 6.21. The summed E-state index contributed by atoms with van der Waals surface area (Å²) in [5.41, 5.74) is 1.94. The molecule has 2 aromatic rings. The molecule has 0 aliphatic carbocycles. The van der Waals surface area contributed by atoms with Crippen LogP contribution >= 0.6 is 0 Å². The van der Waals surface area contributed by atoms with Crippen molar-refractivity contribution in [2.45, 2.75) is 13.3 Å². The molecule has 0 spiro atoms. The van der Waals surface area contributed by atoms with Gasteiger partial charge in [-0.3, -0.25) is 9.79 Å². The van der Waals surface area contributed by atoms with Gasteiger partial charge in [0, 0.05) is 32.2 Å². The number of methoxy groups -OCH3 is 1. The third-order valence-corrected chi connectivity index (χ3v) is 4.24. The predicted molar refractivity (Wildman–Crippen MR) is 110 cm³/mol. The molecule has 7 heteroatoms. The molecule has 3 N–H and O–H groups in total. The summed E-state index contributed by atoms with van der Waals surface area (Å²) >= 11 is 0. The highest BCUT2D eigenvalue weighted by atomic mass is 19.1. The van der Waals surface area contributed by atoms with E-state index in [1.165, 1.54) is 6.07 Å². The molecule has 1 amide bonds. The van der Waals surface area contributed by atoms with Crippen LogP contribution in [-0.2, 0) is 6.42 Å². The second kappa shape index (κ2) is 10.9. The van der Waals surface area contributed by atoms with Gasteiger partial charge in [-0.15, -0.1) is 0 Å². The zero-order valence-corrected chi connectivity index (χ0v) is 16.5. The Hall–Kier alpha value is -3.09. The highest BCUT2D eigenvalue weighted by molar-refractivity contribution is 5.94. The van der Waals surface area contributed by atoms with Crippen molar-refractivity contribution in [1.82, 2.24) is 16.0 Å². The van der Waals surface area contributed by atoms with E-state index >= 15 is 0 Å². The third-order valence-electron chi connectivity index (χ3n) is 4.24. The van der Waals surface area contributed by atoms with Crippen LogP contribution in [0.5, 0.6) is 5.75 Å². The number of hydrogen-bond acceptors (Lipinski definition) is 3. The summed E-state index contributed by atoms with van der Waals surface area (Å²) < 4.78 is 18.9. The van der Waals surface area contributed by atoms with Gasteiger partial charge in [0.1, 0.15) is 11.6 Å². The Morgan fingerprint density at radius 2 is 1.79 bits per heavy atom. The highest BCUT2D eigenvalue weighted by Crippen LogP contribution is 2.17. The number of nitrogens with one attached hydrogen (secondary N) is 3. The lowest BCUT2D eigenvalue weighted by Gasteiger charge is -2.13. The molecule has 0 heterocycles. The number of carbonyl (C=O) groups excluding carboxylic acids is 1. The van der Waals surface area contributed by atoms with Gasteiger partial charge in [0.2, 0.25) is 0 Å². The van der Waals surface area contributed by atoms with Crippen LogP contribution in [0.2, 0.25) is 0 Å². The Morgan fingerprint density at radius 1 is 1.07 bits per heavy atom. The van der Waals surface area contributed by atoms with Crippen LogP contribution in [0.1, 0.15) is 21.5 Å². The molecule has 0 aliphatic rings. The van der Waals surface area contributed by atoms with Crippen molar-refractivity contribution in [3.05, 3.63) is 65.0 Å². The number of amides is 1. The average molecular weight is 386 g/mol. The Labute approximate surface area is 165 Å². The summed E-state index contributed by atoms with van der Waals surface area (Å²) in [6, 6.07) is 12.3. The van der Waals surface area contributed by atoms with Crippen LogP contribution in [-0.4, -0.2) is 45.7 Å². The van der Waals surface area contributed by atoms with E-state index in [4.69, 9.17) is 4.74 Å². The summed E-state index contributed by atoms with van der Waals surface area (Å²) in [6.45, 7) is 3.23. The van der Waals surface area contributed by atoms with E-state index in [1.54, 1.807) is 33.2 Å². The molecule has 0 fully saturated rings. The van der Waals surface area contributed by atoms with Gasteiger partial charge in [-0.05, 0) is 42.7 Å². The number of carbonyl (C=O) groups is 1. The van der Waals surface area contributed by atoms with Gasteiger partial charge in [0.05, 0.1) is 7.11 Å². The van der Waals surface area contributed by atoms with Crippen LogP contribution in [0, 0.1) is 12.7 Å². The molecule has 2 rings (SSSR count). The maximum absolute atomic E-state index is 13.5. The van der Waals surface area contributed by atoms with Gasteiger partial charge in [0.25, 0.3) is 5.91 Å². The largest absolute Gasteiger partial charge is 0.496 e. The molecule has 0 aromatic heterocycles. The molecule has 6 nitrogen and oxygen atoms in total. The summed E-state index contributed by atoms with van der Waals surface area (Å²) in [4.78, 5) is 16.2. The van der Waals surface area contributed by atoms with Crippen LogP contribution in [0.4, 0.5) is 4.39 Å². The lowest BCUT2D eigenvalue weighted by Crippen LogP contribution is -2.42. The van der Waals surface area contributed by atoms with Crippen molar-refractivity contribution in [2.75, 3.05) is 33.8 Å². The average Bonchev–Trinajstić information content (AvgIpc) is 2.71. The first-order chi connectivity index (χ1) is 13.5. The van der Waals surface area contributed by atoms with E-state index in [-0.39, 0.29) is 11.7 Å². The quantitative estimate of drug-likeness (QED) is 0.370. The molecule has 0 saturated heterocycles. The van der Waals surface area contributed by atoms with E-state index in [1.807, 2.05) is 24.3 Å². The standard InChI is InChI=1S/C21H27FN4O2/c1-15-8-9-17(14-18(15)22)20(27)24-12-13-26-21(23-2)25-11-10-16-6-4-5-7-19(16)28-3/h4-9,14H,10-13H2,1-3H3,(H,24,27)(H2,23,25,26). The molecule has 0 saturated carbocycles. The van der Waals surface area contributed by atoms with E-state index in [9.17, 15) is 9.18 Å². The zero-order valence-electron chi connectivity index (χ0n) is 16.5. The minimum atomic E-state index is -0.384. The Kier molecular flexibility index (Phi) is 8.27. The fraction of sp³-hybridized carbons (Fsp3) is 0.333. The molecule has 28 heavy (non-hydrogen) atoms. The van der Waals surface area contributed by atoms with Crippen molar-refractivity contribution in [2.24, 2.45) is 4.99 Å². The minimum Gasteiger partial charge on any atom is -0.496 e. The number of aryl methyl sites for hydroxylation is 1. The topological polar surface area (TPSA) is 74.8 Å². The SMILES string of the molecule is CN=C(NCCNC(=O)c1ccc(C)c(F)c1)NCCc1ccccc1OC. The number of hydrogen-bond donors (Lipinski definition) is 3. The van der Waals surface area contributed by atoms with Gasteiger partial charge < -0.3 is 20.7 Å². The molecule has 150 valence electrons. The first-order valence-corrected chi connectivity index (χ1v) is 9.16. The van der Waals surface area contributed by atoms with E-state index in [0.717, 1.165) is 17.7 Å². The smallest absolute Gasteiger partial charge is 0.251 e. The normalized spacial score (nSPS) is 11.1. The maximum atomic E-state index is 13.5. The van der Waals surface area contributed by atoms with E-state index < -0.39 is 0 Å². The van der Waals surface area contributed by atoms with Gasteiger partial charge in [-0.2, -0.15) is 0 Å². The van der Waals surface area contributed by atoms with Crippen LogP contribution in [0.3, 0.4) is 0 Å². The summed E-state index contributed by atoms with van der Waals surface area (Å²) in [5, 5.41) is 9.11. The lowest BCUT2D eigenvalue weighted by molar-refractivity contribution is 0.0954. The monoisotopic (exact) mass is 386 g/mol. The van der Waals surface area contributed by atoms with Crippen LogP contribution < -0.4 is 20.7 Å². The van der Waals surface area contributed by atoms with Gasteiger partial charge in [0.15, 0.2) is 5.96 Å². The number of nitrogens with zero attached hydrogens (tertiary/aromatic N) is 1. The fourth-order valence-electron chi connectivity index (χ4n) is 2.64. The molecule has 0 bridgehead atoms. The Bertz CT molecular complexity index is 824. The van der Waals surface area contributed by atoms with Crippen molar-refractivity contribution in [3.63, 3.8) is 0 Å². The third kappa shape index (κ3) is 6.26. The van der Waals surface area contributed by atoms with Gasteiger partial charge >= 0.3 is 0 Å². The maximum Gasteiger partial charge on any atom is 0.251 e. The molecular formula is C21H27FN4O2. The molecule has 0 unspecified atom stereocenters. The Morgan fingerprint density at radius 3 is 2.50 bits per heavy atom. The number of benzene rings is 2. The highest BCUT2D eigenvalue weighted by Gasteiger charge is 2.08. The van der Waals surface area contributed by atoms with Crippen LogP contribution in [0.25, 0.3) is 0 Å². The number of halogens is 1. The molecule has 0 atom stereocenters. The van der Waals surface area contributed by atoms with E-state index in [0.29, 0.717) is 36.7 Å². The van der Waals surface area contributed by atoms with Crippen molar-refractivity contribution in [3.8, 4) is 5.75 Å². The summed E-state index contributed by atoms with van der Waals surface area (Å²) in [6.07, 6.45) is 0.792. The number of aliphatic imine (C=N–C) groups is 1. The predicted octanol–water partition coefficient (Wildman–Crippen LogP) is 2.28. The zero-order chi connectivity index (χ0) is 20.4. The number of rotatable bonds is 8. The molecule has 0 radical (unpaired) electrons. The Balaban J connectivity index is 1.70. The summed E-state index contributed by atoms with van der Waals surface area (Å²) in [7, 11) is 3.35. The fourth-order valence-corrected chi connectivity index (χ4v) is 2.64. The first-order valence-electron chi connectivity index (χ1n) is 9.16. The number of para-hydroxylation sites is 1. The number of guanidine groups is 1. The minimum absolute atomic E-state index is 0.306.